The van der Waals surface area contributed by atoms with Crippen LogP contribution in [0.3, 0.4) is 0 Å². The highest BCUT2D eigenvalue weighted by Crippen LogP contribution is 2.27. The maximum atomic E-state index is 8.86. The minimum Gasteiger partial charge on any atom is -0.513 e. The number of nitrogens with one attached hydrogen (secondary N) is 1. The zero-order chi connectivity index (χ0) is 8.27. The molecular weight excluding hydrogens is 138 g/mol. The van der Waals surface area contributed by atoms with Crippen molar-refractivity contribution in [1.82, 2.24) is 5.32 Å². The highest BCUT2D eigenvalue weighted by Gasteiger charge is 2.20. The Balaban J connectivity index is 2.14. The van der Waals surface area contributed by atoms with Crippen LogP contribution < -0.4 is 5.32 Å². The Kier molecular flexibility index (Phi) is 2.58. The van der Waals surface area contributed by atoms with Crippen molar-refractivity contribution < 1.29 is 5.11 Å². The first-order valence-corrected chi connectivity index (χ1v) is 3.98. The Bertz CT molecular complexity index is 176. The van der Waals surface area contributed by atoms with Crippen molar-refractivity contribution in [2.75, 3.05) is 6.54 Å². The van der Waals surface area contributed by atoms with Crippen LogP contribution in [0.4, 0.5) is 0 Å². The third kappa shape index (κ3) is 3.71. The van der Waals surface area contributed by atoms with E-state index in [1.807, 2.05) is 0 Å². The molecule has 1 saturated carbocycles. The summed E-state index contributed by atoms with van der Waals surface area (Å²) in [6, 6.07) is 0. The van der Waals surface area contributed by atoms with Crippen LogP contribution in [0.2, 0.25) is 0 Å². The number of hydrogen-bond donors (Lipinski definition) is 2. The lowest BCUT2D eigenvalue weighted by Gasteiger charge is -2.03. The van der Waals surface area contributed by atoms with E-state index in [4.69, 9.17) is 5.11 Å². The molecule has 2 N–H and O–H groups in total. The first kappa shape index (κ1) is 8.18. The van der Waals surface area contributed by atoms with Crippen molar-refractivity contribution in [1.29, 1.82) is 0 Å². The van der Waals surface area contributed by atoms with E-state index in [2.05, 4.69) is 11.9 Å². The molecule has 1 aliphatic rings. The zero-order valence-corrected chi connectivity index (χ0v) is 6.93. The topological polar surface area (TPSA) is 32.3 Å². The van der Waals surface area contributed by atoms with Gasteiger partial charge in [0, 0.05) is 12.2 Å². The molecule has 0 radical (unpaired) electrons. The van der Waals surface area contributed by atoms with E-state index in [1.54, 1.807) is 13.0 Å². The average Bonchev–Trinajstić information content (AvgIpc) is 2.63. The Labute approximate surface area is 67.6 Å². The molecule has 1 aliphatic carbocycles. The van der Waals surface area contributed by atoms with E-state index in [1.165, 1.54) is 12.8 Å². The molecule has 0 amide bonds. The number of allylic oxidation sites excluding steroid dienone is 2. The van der Waals surface area contributed by atoms with Gasteiger partial charge >= 0.3 is 0 Å². The van der Waals surface area contributed by atoms with Crippen LogP contribution in [0, 0.1) is 5.92 Å². The molecule has 1 rings (SSSR count). The lowest BCUT2D eigenvalue weighted by molar-refractivity contribution is 0.413. The van der Waals surface area contributed by atoms with Crippen LogP contribution in [0.15, 0.2) is 24.1 Å². The number of rotatable bonds is 4. The van der Waals surface area contributed by atoms with E-state index < -0.39 is 0 Å². The van der Waals surface area contributed by atoms with Gasteiger partial charge < -0.3 is 10.4 Å². The summed E-state index contributed by atoms with van der Waals surface area (Å²) >= 11 is 0. The molecule has 0 aromatic heterocycles. The molecule has 2 heteroatoms. The minimum atomic E-state index is 0.304. The second-order valence-electron chi connectivity index (χ2n) is 3.14. The lowest BCUT2D eigenvalue weighted by Crippen LogP contribution is -2.14. The predicted octanol–water partition coefficient (Wildman–Crippen LogP) is 1.96. The van der Waals surface area contributed by atoms with Gasteiger partial charge in [-0.3, -0.25) is 0 Å². The van der Waals surface area contributed by atoms with Gasteiger partial charge in [-0.15, -0.1) is 0 Å². The van der Waals surface area contributed by atoms with Gasteiger partial charge in [-0.2, -0.15) is 0 Å². The largest absolute Gasteiger partial charge is 0.513 e. The monoisotopic (exact) mass is 153 g/mol. The molecule has 1 fully saturated rings. The molecule has 0 aliphatic heterocycles. The maximum Gasteiger partial charge on any atom is 0.0912 e. The van der Waals surface area contributed by atoms with Gasteiger partial charge in [0.25, 0.3) is 0 Å². The molecule has 11 heavy (non-hydrogen) atoms. The van der Waals surface area contributed by atoms with Crippen LogP contribution in [0.5, 0.6) is 0 Å². The van der Waals surface area contributed by atoms with Gasteiger partial charge in [-0.1, -0.05) is 6.58 Å². The van der Waals surface area contributed by atoms with Gasteiger partial charge in [0.2, 0.25) is 0 Å². The fraction of sp³-hybridized carbons (Fsp3) is 0.556. The van der Waals surface area contributed by atoms with Crippen LogP contribution in [0.25, 0.3) is 0 Å². The zero-order valence-electron chi connectivity index (χ0n) is 6.93. The molecule has 2 nitrogen and oxygen atoms in total. The van der Waals surface area contributed by atoms with E-state index in [-0.39, 0.29) is 0 Å². The standard InChI is InChI=1S/C9H15NO/c1-7(5-8(2)11)10-6-9-3-4-9/h5,9-11H,1,3-4,6H2,2H3/b8-5+. The summed E-state index contributed by atoms with van der Waals surface area (Å²) in [7, 11) is 0. The molecule has 0 heterocycles. The molecule has 0 bridgehead atoms. The van der Waals surface area contributed by atoms with Crippen molar-refractivity contribution in [3.05, 3.63) is 24.1 Å². The summed E-state index contributed by atoms with van der Waals surface area (Å²) in [5.74, 6) is 1.15. The van der Waals surface area contributed by atoms with Gasteiger partial charge in [-0.05, 0) is 31.8 Å². The van der Waals surface area contributed by atoms with E-state index in [0.717, 1.165) is 18.2 Å². The minimum absolute atomic E-state index is 0.304. The highest BCUT2D eigenvalue weighted by molar-refractivity contribution is 5.14. The van der Waals surface area contributed by atoms with Crippen molar-refractivity contribution in [3.8, 4) is 0 Å². The number of hydrogen-bond acceptors (Lipinski definition) is 2. The van der Waals surface area contributed by atoms with Crippen LogP contribution >= 0.6 is 0 Å². The Morgan fingerprint density at radius 2 is 2.36 bits per heavy atom. The molecule has 0 saturated heterocycles. The third-order valence-electron chi connectivity index (χ3n) is 1.70. The summed E-state index contributed by atoms with van der Waals surface area (Å²) < 4.78 is 0. The smallest absolute Gasteiger partial charge is 0.0912 e. The fourth-order valence-electron chi connectivity index (χ4n) is 0.901. The second-order valence-corrected chi connectivity index (χ2v) is 3.14. The van der Waals surface area contributed by atoms with E-state index in [0.29, 0.717) is 5.76 Å². The van der Waals surface area contributed by atoms with E-state index >= 15 is 0 Å². The summed E-state index contributed by atoms with van der Waals surface area (Å²) in [4.78, 5) is 0. The van der Waals surface area contributed by atoms with Crippen LogP contribution in [0.1, 0.15) is 19.8 Å². The van der Waals surface area contributed by atoms with E-state index in [9.17, 15) is 0 Å². The van der Waals surface area contributed by atoms with Gasteiger partial charge in [0.05, 0.1) is 5.76 Å². The van der Waals surface area contributed by atoms with Crippen molar-refractivity contribution in [2.24, 2.45) is 5.92 Å². The maximum absolute atomic E-state index is 8.86. The van der Waals surface area contributed by atoms with Crippen LogP contribution in [-0.4, -0.2) is 11.7 Å². The summed E-state index contributed by atoms with van der Waals surface area (Å²) in [5.41, 5.74) is 0.803. The van der Waals surface area contributed by atoms with Crippen LogP contribution in [-0.2, 0) is 0 Å². The normalized spacial score (nSPS) is 18.1. The van der Waals surface area contributed by atoms with Crippen molar-refractivity contribution >= 4 is 0 Å². The Hall–Kier alpha value is -0.920. The first-order chi connectivity index (χ1) is 5.18. The second kappa shape index (κ2) is 3.46. The van der Waals surface area contributed by atoms with Crippen molar-refractivity contribution in [3.63, 3.8) is 0 Å². The molecule has 0 unspecified atom stereocenters. The van der Waals surface area contributed by atoms with Gasteiger partial charge in [0.1, 0.15) is 0 Å². The Morgan fingerprint density at radius 3 is 2.82 bits per heavy atom. The quantitative estimate of drug-likeness (QED) is 0.478. The van der Waals surface area contributed by atoms with Crippen molar-refractivity contribution in [2.45, 2.75) is 19.8 Å². The molecule has 0 atom stereocenters. The van der Waals surface area contributed by atoms with Gasteiger partial charge in [-0.25, -0.2) is 0 Å². The predicted molar refractivity (Wildman–Crippen MR) is 46.3 cm³/mol. The average molecular weight is 153 g/mol. The fourth-order valence-corrected chi connectivity index (χ4v) is 0.901. The Morgan fingerprint density at radius 1 is 1.73 bits per heavy atom. The summed E-state index contributed by atoms with van der Waals surface area (Å²) in [6.07, 6.45) is 4.31. The number of aliphatic hydroxyl groups is 1. The molecule has 0 spiro atoms. The van der Waals surface area contributed by atoms with Gasteiger partial charge in [0.15, 0.2) is 0 Å². The highest BCUT2D eigenvalue weighted by atomic mass is 16.3. The third-order valence-corrected chi connectivity index (χ3v) is 1.70. The summed E-state index contributed by atoms with van der Waals surface area (Å²) in [5, 5.41) is 12.0. The molecule has 0 aromatic rings. The lowest BCUT2D eigenvalue weighted by atomic mass is 10.3. The summed E-state index contributed by atoms with van der Waals surface area (Å²) in [6.45, 7) is 6.39. The number of aliphatic hydroxyl groups excluding tert-OH is 1. The molecule has 0 aromatic carbocycles. The molecular formula is C9H15NO. The SMILES string of the molecule is C=C(/C=C(\C)O)NCC1CC1. The first-order valence-electron chi connectivity index (χ1n) is 3.98. The molecule has 62 valence electrons.